The van der Waals surface area contributed by atoms with Gasteiger partial charge in [0.1, 0.15) is 17.1 Å². The Balaban J connectivity index is 2.11. The number of phenols is 2. The Morgan fingerprint density at radius 1 is 0.742 bits per heavy atom. The Kier molecular flexibility index (Phi) is 5.35. The van der Waals surface area contributed by atoms with Gasteiger partial charge in [0.05, 0.1) is 6.61 Å². The molecule has 0 amide bonds. The summed E-state index contributed by atoms with van der Waals surface area (Å²) in [5.41, 5.74) is 7.38. The van der Waals surface area contributed by atoms with Crippen LogP contribution in [0.2, 0.25) is 0 Å². The molecular weight excluding hydrogens is 384 g/mol. The third kappa shape index (κ3) is 3.32. The van der Waals surface area contributed by atoms with Crippen LogP contribution in [-0.2, 0) is 16.9 Å². The Hall–Kier alpha value is -2.78. The van der Waals surface area contributed by atoms with Crippen molar-refractivity contribution in [2.45, 2.75) is 65.6 Å². The minimum atomic E-state index is -0.792. The molecule has 0 aromatic heterocycles. The summed E-state index contributed by atoms with van der Waals surface area (Å²) in [5, 5.41) is 21.2. The summed E-state index contributed by atoms with van der Waals surface area (Å²) in [4.78, 5) is 0. The largest absolute Gasteiger partial charge is 0.508 e. The zero-order chi connectivity index (χ0) is 22.5. The van der Waals surface area contributed by atoms with Gasteiger partial charge in [-0.25, -0.2) is 0 Å². The number of aromatic hydroxyl groups is 2. The van der Waals surface area contributed by atoms with Gasteiger partial charge in [-0.1, -0.05) is 52.0 Å². The van der Waals surface area contributed by atoms with Crippen molar-refractivity contribution >= 4 is 0 Å². The summed E-state index contributed by atoms with van der Waals surface area (Å²) in [6.07, 6.45) is 0. The number of hydrogen-bond donors (Lipinski definition) is 2. The van der Waals surface area contributed by atoms with E-state index >= 15 is 0 Å². The van der Waals surface area contributed by atoms with Gasteiger partial charge < -0.3 is 14.9 Å². The number of fused-ring (bicyclic) bond motifs is 1. The van der Waals surface area contributed by atoms with E-state index in [1.54, 1.807) is 0 Å². The molecule has 3 aromatic rings. The van der Waals surface area contributed by atoms with Gasteiger partial charge in [0.2, 0.25) is 0 Å². The zero-order valence-corrected chi connectivity index (χ0v) is 19.3. The first kappa shape index (κ1) is 21.5. The van der Waals surface area contributed by atoms with Crippen LogP contribution in [0.15, 0.2) is 48.5 Å². The normalized spacial score (nSPS) is 15.0. The van der Waals surface area contributed by atoms with Crippen molar-refractivity contribution in [3.05, 3.63) is 93.0 Å². The summed E-state index contributed by atoms with van der Waals surface area (Å²) in [6.45, 7) is 12.9. The molecule has 0 saturated carbocycles. The van der Waals surface area contributed by atoms with E-state index in [1.807, 2.05) is 32.0 Å². The molecule has 0 atom stereocenters. The Morgan fingerprint density at radius 2 is 1.23 bits per heavy atom. The summed E-state index contributed by atoms with van der Waals surface area (Å²) >= 11 is 0. The topological polar surface area (TPSA) is 49.7 Å². The summed E-state index contributed by atoms with van der Waals surface area (Å²) in [7, 11) is 0. The average molecular weight is 417 g/mol. The molecule has 3 heteroatoms. The monoisotopic (exact) mass is 416 g/mol. The molecule has 0 unspecified atom stereocenters. The number of phenolic OH excluding ortho intramolecular Hbond substituents is 2. The fourth-order valence-electron chi connectivity index (χ4n) is 4.95. The van der Waals surface area contributed by atoms with Gasteiger partial charge in [-0.3, -0.25) is 0 Å². The third-order valence-electron chi connectivity index (χ3n) is 6.59. The SMILES string of the molecule is Cc1cc(O)c(C(C)C)cc1C1(c2cc(C(C)C)c(O)cc2C)OCc2ccccc21. The smallest absolute Gasteiger partial charge is 0.145 e. The molecule has 31 heavy (non-hydrogen) atoms. The molecule has 0 bridgehead atoms. The number of benzene rings is 3. The van der Waals surface area contributed by atoms with E-state index in [0.717, 1.165) is 38.9 Å². The highest BCUT2D eigenvalue weighted by Crippen LogP contribution is 2.51. The molecule has 162 valence electrons. The predicted octanol–water partition coefficient (Wildman–Crippen LogP) is 6.78. The highest BCUT2D eigenvalue weighted by Gasteiger charge is 2.46. The lowest BCUT2D eigenvalue weighted by molar-refractivity contribution is 0.0257. The second kappa shape index (κ2) is 7.72. The first-order valence-corrected chi connectivity index (χ1v) is 11.1. The van der Waals surface area contributed by atoms with E-state index < -0.39 is 5.60 Å². The highest BCUT2D eigenvalue weighted by atomic mass is 16.5. The summed E-state index contributed by atoms with van der Waals surface area (Å²) < 4.78 is 6.73. The van der Waals surface area contributed by atoms with Crippen LogP contribution in [0.4, 0.5) is 0 Å². The third-order valence-corrected chi connectivity index (χ3v) is 6.59. The van der Waals surface area contributed by atoms with E-state index in [-0.39, 0.29) is 11.8 Å². The van der Waals surface area contributed by atoms with Crippen LogP contribution in [-0.4, -0.2) is 10.2 Å². The van der Waals surface area contributed by atoms with E-state index in [1.165, 1.54) is 5.56 Å². The standard InChI is InChI=1S/C28H32O3/c1-16(2)21-13-24(18(5)11-26(21)29)28(23-10-8-7-9-20(23)15-31-28)25-14-22(17(3)4)27(30)12-19(25)6/h7-14,16-17,29-30H,15H2,1-6H3. The van der Waals surface area contributed by atoms with E-state index in [4.69, 9.17) is 4.74 Å². The molecule has 0 aliphatic carbocycles. The van der Waals surface area contributed by atoms with Gasteiger partial charge in [0, 0.05) is 0 Å². The van der Waals surface area contributed by atoms with Gasteiger partial charge >= 0.3 is 0 Å². The second-order valence-electron chi connectivity index (χ2n) is 9.39. The van der Waals surface area contributed by atoms with Gasteiger partial charge in [-0.15, -0.1) is 0 Å². The van der Waals surface area contributed by atoms with Crippen LogP contribution in [0.5, 0.6) is 11.5 Å². The molecule has 1 aliphatic heterocycles. The van der Waals surface area contributed by atoms with Crippen molar-refractivity contribution in [2.24, 2.45) is 0 Å². The number of rotatable bonds is 4. The lowest BCUT2D eigenvalue weighted by atomic mass is 9.74. The molecule has 2 N–H and O–H groups in total. The first-order chi connectivity index (χ1) is 14.7. The first-order valence-electron chi connectivity index (χ1n) is 11.1. The molecular formula is C28H32O3. The zero-order valence-electron chi connectivity index (χ0n) is 19.3. The van der Waals surface area contributed by atoms with E-state index in [2.05, 4.69) is 58.0 Å². The molecule has 0 fully saturated rings. The average Bonchev–Trinajstić information content (AvgIpc) is 3.08. The van der Waals surface area contributed by atoms with Crippen LogP contribution in [0, 0.1) is 13.8 Å². The highest BCUT2D eigenvalue weighted by molar-refractivity contribution is 5.60. The maximum Gasteiger partial charge on any atom is 0.145 e. The molecule has 1 heterocycles. The Labute approximate surface area is 185 Å². The minimum absolute atomic E-state index is 0.181. The number of hydrogen-bond acceptors (Lipinski definition) is 3. The number of ether oxygens (including phenoxy) is 1. The van der Waals surface area contributed by atoms with Gasteiger partial charge in [-0.2, -0.15) is 0 Å². The predicted molar refractivity (Wildman–Crippen MR) is 125 cm³/mol. The fraction of sp³-hybridized carbons (Fsp3) is 0.357. The molecule has 0 saturated heterocycles. The van der Waals surface area contributed by atoms with Crippen LogP contribution in [0.25, 0.3) is 0 Å². The molecule has 4 rings (SSSR count). The molecule has 0 spiro atoms. The molecule has 0 radical (unpaired) electrons. The van der Waals surface area contributed by atoms with E-state index in [0.29, 0.717) is 18.1 Å². The van der Waals surface area contributed by atoms with Crippen molar-refractivity contribution in [3.8, 4) is 11.5 Å². The van der Waals surface area contributed by atoms with Gasteiger partial charge in [-0.05, 0) is 94.5 Å². The molecule has 3 aromatic carbocycles. The van der Waals surface area contributed by atoms with Crippen molar-refractivity contribution in [2.75, 3.05) is 0 Å². The van der Waals surface area contributed by atoms with Crippen LogP contribution < -0.4 is 0 Å². The van der Waals surface area contributed by atoms with Crippen molar-refractivity contribution in [1.29, 1.82) is 0 Å². The maximum atomic E-state index is 10.6. The second-order valence-corrected chi connectivity index (χ2v) is 9.39. The minimum Gasteiger partial charge on any atom is -0.508 e. The Morgan fingerprint density at radius 3 is 1.71 bits per heavy atom. The maximum absolute atomic E-state index is 10.6. The van der Waals surface area contributed by atoms with Crippen molar-refractivity contribution < 1.29 is 14.9 Å². The van der Waals surface area contributed by atoms with Crippen LogP contribution >= 0.6 is 0 Å². The lowest BCUT2D eigenvalue weighted by Crippen LogP contribution is -2.31. The fourth-order valence-corrected chi connectivity index (χ4v) is 4.95. The summed E-state index contributed by atoms with van der Waals surface area (Å²) in [5.74, 6) is 1.01. The quantitative estimate of drug-likeness (QED) is 0.493. The Bertz CT molecular complexity index is 1080. The van der Waals surface area contributed by atoms with Crippen molar-refractivity contribution in [3.63, 3.8) is 0 Å². The number of aryl methyl sites for hydroxylation is 2. The van der Waals surface area contributed by atoms with E-state index in [9.17, 15) is 10.2 Å². The van der Waals surface area contributed by atoms with Crippen molar-refractivity contribution in [1.82, 2.24) is 0 Å². The van der Waals surface area contributed by atoms with Crippen LogP contribution in [0.1, 0.15) is 84.0 Å². The van der Waals surface area contributed by atoms with Gasteiger partial charge in [0.25, 0.3) is 0 Å². The molecule has 1 aliphatic rings. The lowest BCUT2D eigenvalue weighted by Gasteiger charge is -2.35. The molecule has 3 nitrogen and oxygen atoms in total. The van der Waals surface area contributed by atoms with Gasteiger partial charge in [0.15, 0.2) is 0 Å². The van der Waals surface area contributed by atoms with Crippen LogP contribution in [0.3, 0.4) is 0 Å². The summed E-state index contributed by atoms with van der Waals surface area (Å²) in [6, 6.07) is 16.3.